The van der Waals surface area contributed by atoms with Crippen molar-refractivity contribution in [1.29, 1.82) is 0 Å². The highest BCUT2D eigenvalue weighted by Crippen LogP contribution is 2.11. The molecule has 118 valence electrons. The normalized spacial score (nSPS) is 12.2. The molecule has 0 radical (unpaired) electrons. The number of hydrogen-bond donors (Lipinski definition) is 2. The molecule has 0 saturated heterocycles. The quantitative estimate of drug-likeness (QED) is 0.853. The number of carbonyl (C=O) groups is 1. The van der Waals surface area contributed by atoms with Crippen LogP contribution in [0, 0.1) is 0 Å². The van der Waals surface area contributed by atoms with Gasteiger partial charge in [-0.3, -0.25) is 4.79 Å². The van der Waals surface area contributed by atoms with Gasteiger partial charge >= 0.3 is 0 Å². The van der Waals surface area contributed by atoms with E-state index in [9.17, 15) is 9.90 Å². The van der Waals surface area contributed by atoms with Gasteiger partial charge in [0.2, 0.25) is 0 Å². The van der Waals surface area contributed by atoms with E-state index in [1.54, 1.807) is 0 Å². The van der Waals surface area contributed by atoms with Crippen LogP contribution in [0.25, 0.3) is 5.69 Å². The van der Waals surface area contributed by atoms with Crippen molar-refractivity contribution in [3.8, 4) is 5.69 Å². The van der Waals surface area contributed by atoms with Crippen molar-refractivity contribution in [2.24, 2.45) is 0 Å². The third kappa shape index (κ3) is 3.51. The molecule has 0 saturated carbocycles. The first-order valence-electron chi connectivity index (χ1n) is 7.56. The summed E-state index contributed by atoms with van der Waals surface area (Å²) in [5.74, 6) is -0.310. The SMILES string of the molecule is CCc1ccc(-n2nc(CO)c(C(=O)N[C@H](C)CC)n2)cc1. The molecular formula is C16H22N4O2. The molecule has 2 N–H and O–H groups in total. The zero-order chi connectivity index (χ0) is 16.1. The van der Waals surface area contributed by atoms with Crippen LogP contribution < -0.4 is 5.32 Å². The zero-order valence-corrected chi connectivity index (χ0v) is 13.2. The first-order valence-corrected chi connectivity index (χ1v) is 7.56. The number of amides is 1. The second-order valence-electron chi connectivity index (χ2n) is 5.25. The monoisotopic (exact) mass is 302 g/mol. The summed E-state index contributed by atoms with van der Waals surface area (Å²) in [5.41, 5.74) is 2.42. The summed E-state index contributed by atoms with van der Waals surface area (Å²) in [7, 11) is 0. The average Bonchev–Trinajstić information content (AvgIpc) is 2.99. The van der Waals surface area contributed by atoms with Crippen molar-refractivity contribution < 1.29 is 9.90 Å². The smallest absolute Gasteiger partial charge is 0.274 e. The number of aliphatic hydroxyl groups excluding tert-OH is 1. The second-order valence-corrected chi connectivity index (χ2v) is 5.25. The van der Waals surface area contributed by atoms with Crippen molar-refractivity contribution in [2.45, 2.75) is 46.3 Å². The molecule has 1 aromatic heterocycles. The minimum Gasteiger partial charge on any atom is -0.390 e. The van der Waals surface area contributed by atoms with Crippen LogP contribution in [-0.4, -0.2) is 32.0 Å². The van der Waals surface area contributed by atoms with Crippen molar-refractivity contribution in [2.75, 3.05) is 0 Å². The van der Waals surface area contributed by atoms with Crippen molar-refractivity contribution in [3.63, 3.8) is 0 Å². The Kier molecular flexibility index (Phi) is 5.27. The van der Waals surface area contributed by atoms with E-state index >= 15 is 0 Å². The molecule has 0 unspecified atom stereocenters. The molecule has 22 heavy (non-hydrogen) atoms. The van der Waals surface area contributed by atoms with Crippen molar-refractivity contribution >= 4 is 5.91 Å². The van der Waals surface area contributed by atoms with Crippen LogP contribution in [0.15, 0.2) is 24.3 Å². The Balaban J connectivity index is 2.29. The summed E-state index contributed by atoms with van der Waals surface area (Å²) < 4.78 is 0. The molecule has 0 spiro atoms. The predicted molar refractivity (Wildman–Crippen MR) is 83.9 cm³/mol. The standard InChI is InChI=1S/C16H22N4O2/c1-4-11(3)17-16(22)15-14(10-21)18-20(19-15)13-8-6-12(5-2)7-9-13/h6-9,11,21H,4-5,10H2,1-3H3,(H,17,22)/t11-/m1/s1. The van der Waals surface area contributed by atoms with E-state index < -0.39 is 0 Å². The van der Waals surface area contributed by atoms with Crippen LogP contribution in [0.5, 0.6) is 0 Å². The third-order valence-corrected chi connectivity index (χ3v) is 3.61. The van der Waals surface area contributed by atoms with Crippen molar-refractivity contribution in [1.82, 2.24) is 20.3 Å². The van der Waals surface area contributed by atoms with Crippen molar-refractivity contribution in [3.05, 3.63) is 41.2 Å². The van der Waals surface area contributed by atoms with Crippen LogP contribution in [0.3, 0.4) is 0 Å². The molecule has 0 bridgehead atoms. The average molecular weight is 302 g/mol. The van der Waals surface area contributed by atoms with Crippen LogP contribution in [0.1, 0.15) is 48.9 Å². The molecule has 2 aromatic rings. The summed E-state index contributed by atoms with van der Waals surface area (Å²) in [4.78, 5) is 13.6. The molecule has 6 heteroatoms. The highest BCUT2D eigenvalue weighted by atomic mass is 16.3. The van der Waals surface area contributed by atoms with Crippen LogP contribution in [0.2, 0.25) is 0 Å². The van der Waals surface area contributed by atoms with E-state index in [4.69, 9.17) is 0 Å². The minimum atomic E-state index is -0.323. The Bertz CT molecular complexity index is 634. The van der Waals surface area contributed by atoms with Gasteiger partial charge in [-0.2, -0.15) is 4.80 Å². The van der Waals surface area contributed by atoms with Crippen LogP contribution in [-0.2, 0) is 13.0 Å². The zero-order valence-electron chi connectivity index (χ0n) is 13.2. The topological polar surface area (TPSA) is 80.0 Å². The number of aromatic nitrogens is 3. The molecule has 1 aromatic carbocycles. The lowest BCUT2D eigenvalue weighted by Crippen LogP contribution is -2.32. The molecule has 0 aliphatic heterocycles. The maximum Gasteiger partial charge on any atom is 0.274 e. The fourth-order valence-electron chi connectivity index (χ4n) is 1.99. The van der Waals surface area contributed by atoms with Gasteiger partial charge in [0.25, 0.3) is 5.91 Å². The van der Waals surface area contributed by atoms with Gasteiger partial charge in [-0.15, -0.1) is 10.2 Å². The molecule has 0 fully saturated rings. The second kappa shape index (κ2) is 7.17. The first-order chi connectivity index (χ1) is 10.6. The lowest BCUT2D eigenvalue weighted by Gasteiger charge is -2.09. The first kappa shape index (κ1) is 16.2. The maximum atomic E-state index is 12.2. The Morgan fingerprint density at radius 1 is 1.27 bits per heavy atom. The Morgan fingerprint density at radius 2 is 1.95 bits per heavy atom. The minimum absolute atomic E-state index is 0.0491. The van der Waals surface area contributed by atoms with Crippen LogP contribution in [0.4, 0.5) is 0 Å². The molecule has 6 nitrogen and oxygen atoms in total. The fourth-order valence-corrected chi connectivity index (χ4v) is 1.99. The summed E-state index contributed by atoms with van der Waals surface area (Å²) in [6.45, 7) is 5.67. The molecular weight excluding hydrogens is 280 g/mol. The number of rotatable bonds is 6. The summed E-state index contributed by atoms with van der Waals surface area (Å²) in [6.07, 6.45) is 1.78. The number of nitrogens with zero attached hydrogens (tertiary/aromatic N) is 3. The molecule has 0 aliphatic carbocycles. The Labute approximate surface area is 130 Å². The molecule has 1 amide bonds. The van der Waals surface area contributed by atoms with E-state index in [0.29, 0.717) is 0 Å². The molecule has 2 rings (SSSR count). The summed E-state index contributed by atoms with van der Waals surface area (Å²) in [5, 5.41) is 20.7. The predicted octanol–water partition coefficient (Wildman–Crippen LogP) is 1.85. The highest BCUT2D eigenvalue weighted by Gasteiger charge is 2.19. The van der Waals surface area contributed by atoms with Crippen LogP contribution >= 0.6 is 0 Å². The number of carbonyl (C=O) groups excluding carboxylic acids is 1. The van der Waals surface area contributed by atoms with E-state index in [2.05, 4.69) is 22.4 Å². The van der Waals surface area contributed by atoms with Gasteiger partial charge in [0.1, 0.15) is 5.69 Å². The van der Waals surface area contributed by atoms with Gasteiger partial charge in [-0.05, 0) is 37.5 Å². The third-order valence-electron chi connectivity index (χ3n) is 3.61. The number of nitrogens with one attached hydrogen (secondary N) is 1. The van der Waals surface area contributed by atoms with Gasteiger partial charge in [0, 0.05) is 6.04 Å². The number of benzene rings is 1. The van der Waals surface area contributed by atoms with Gasteiger partial charge in [-0.1, -0.05) is 26.0 Å². The number of hydrogen-bond acceptors (Lipinski definition) is 4. The number of aliphatic hydroxyl groups is 1. The Morgan fingerprint density at radius 3 is 2.50 bits per heavy atom. The lowest BCUT2D eigenvalue weighted by atomic mass is 10.2. The lowest BCUT2D eigenvalue weighted by molar-refractivity contribution is 0.0930. The fraction of sp³-hybridized carbons (Fsp3) is 0.438. The van der Waals surface area contributed by atoms with Gasteiger partial charge in [-0.25, -0.2) is 0 Å². The highest BCUT2D eigenvalue weighted by molar-refractivity contribution is 5.93. The van der Waals surface area contributed by atoms with Gasteiger partial charge in [0.05, 0.1) is 12.3 Å². The van der Waals surface area contributed by atoms with E-state index in [1.807, 2.05) is 38.1 Å². The maximum absolute atomic E-state index is 12.2. The Hall–Kier alpha value is -2.21. The largest absolute Gasteiger partial charge is 0.390 e. The molecule has 1 atom stereocenters. The number of aryl methyl sites for hydroxylation is 1. The van der Waals surface area contributed by atoms with E-state index in [0.717, 1.165) is 18.5 Å². The summed E-state index contributed by atoms with van der Waals surface area (Å²) >= 11 is 0. The molecule has 0 aliphatic rings. The van der Waals surface area contributed by atoms with E-state index in [1.165, 1.54) is 10.4 Å². The van der Waals surface area contributed by atoms with E-state index in [-0.39, 0.29) is 29.9 Å². The van der Waals surface area contributed by atoms with Gasteiger partial charge in [0.15, 0.2) is 5.69 Å². The van der Waals surface area contributed by atoms with Gasteiger partial charge < -0.3 is 10.4 Å². The summed E-state index contributed by atoms with van der Waals surface area (Å²) in [6, 6.07) is 7.84. The molecule has 1 heterocycles.